The van der Waals surface area contributed by atoms with Crippen molar-refractivity contribution in [3.05, 3.63) is 29.8 Å². The molecule has 0 saturated carbocycles. The van der Waals surface area contributed by atoms with E-state index in [1.807, 2.05) is 38.1 Å². The van der Waals surface area contributed by atoms with Crippen molar-refractivity contribution < 1.29 is 14.3 Å². The molecule has 0 aliphatic rings. The zero-order valence-electron chi connectivity index (χ0n) is 11.9. The summed E-state index contributed by atoms with van der Waals surface area (Å²) in [6, 6.07) is 7.66. The third-order valence-corrected chi connectivity index (χ3v) is 2.67. The first-order valence-electron chi connectivity index (χ1n) is 6.72. The molecule has 0 fully saturated rings. The first-order chi connectivity index (χ1) is 9.13. The Bertz CT molecular complexity index is 375. The molecule has 4 nitrogen and oxygen atoms in total. The fraction of sp³-hybridized carbons (Fsp3) is 0.533. The summed E-state index contributed by atoms with van der Waals surface area (Å²) in [6.45, 7) is 7.71. The minimum atomic E-state index is -0.491. The third-order valence-electron chi connectivity index (χ3n) is 2.67. The average molecular weight is 265 g/mol. The topological polar surface area (TPSA) is 47.6 Å². The molecule has 1 N–H and O–H groups in total. The highest BCUT2D eigenvalue weighted by Gasteiger charge is 2.13. The summed E-state index contributed by atoms with van der Waals surface area (Å²) in [6.07, 6.45) is 0.325. The monoisotopic (exact) mass is 265 g/mol. The number of hydrogen-bond acceptors (Lipinski definition) is 3. The molecule has 0 aliphatic heterocycles. The lowest BCUT2D eigenvalue weighted by atomic mass is 10.2. The number of rotatable bonds is 8. The molecular formula is C15H23NO3. The molecule has 1 atom stereocenters. The molecular weight excluding hydrogens is 242 g/mol. The maximum Gasteiger partial charge on any atom is 0.260 e. The molecule has 1 amide bonds. The molecule has 4 heteroatoms. The predicted octanol–water partition coefficient (Wildman–Crippen LogP) is 2.31. The molecule has 106 valence electrons. The molecule has 0 aromatic heterocycles. The van der Waals surface area contributed by atoms with E-state index >= 15 is 0 Å². The molecule has 0 saturated heterocycles. The molecule has 1 aromatic rings. The van der Waals surface area contributed by atoms with Gasteiger partial charge in [-0.15, -0.1) is 0 Å². The zero-order valence-corrected chi connectivity index (χ0v) is 11.9. The van der Waals surface area contributed by atoms with Crippen LogP contribution in [0.5, 0.6) is 5.75 Å². The van der Waals surface area contributed by atoms with Crippen LogP contribution < -0.4 is 10.1 Å². The lowest BCUT2D eigenvalue weighted by Gasteiger charge is -2.14. The quantitative estimate of drug-likeness (QED) is 0.734. The van der Waals surface area contributed by atoms with Gasteiger partial charge in [-0.2, -0.15) is 0 Å². The summed E-state index contributed by atoms with van der Waals surface area (Å²) in [5.74, 6) is 0.611. The molecule has 1 unspecified atom stereocenters. The van der Waals surface area contributed by atoms with Crippen LogP contribution in [0.4, 0.5) is 0 Å². The van der Waals surface area contributed by atoms with Crippen LogP contribution >= 0.6 is 0 Å². The van der Waals surface area contributed by atoms with Gasteiger partial charge in [-0.25, -0.2) is 0 Å². The van der Waals surface area contributed by atoms with Crippen molar-refractivity contribution in [3.8, 4) is 5.75 Å². The van der Waals surface area contributed by atoms with Gasteiger partial charge in [0, 0.05) is 19.8 Å². The van der Waals surface area contributed by atoms with E-state index < -0.39 is 6.10 Å². The Morgan fingerprint density at radius 1 is 1.32 bits per heavy atom. The summed E-state index contributed by atoms with van der Waals surface area (Å²) in [5, 5.41) is 2.83. The highest BCUT2D eigenvalue weighted by Crippen LogP contribution is 2.13. The fourth-order valence-electron chi connectivity index (χ4n) is 1.55. The van der Waals surface area contributed by atoms with Gasteiger partial charge in [0.05, 0.1) is 0 Å². The van der Waals surface area contributed by atoms with Gasteiger partial charge in [0.2, 0.25) is 0 Å². The maximum atomic E-state index is 11.8. The Balaban J connectivity index is 2.26. The van der Waals surface area contributed by atoms with E-state index in [1.54, 1.807) is 6.92 Å². The van der Waals surface area contributed by atoms with Gasteiger partial charge in [0.15, 0.2) is 6.10 Å². The third kappa shape index (κ3) is 6.25. The van der Waals surface area contributed by atoms with Crippen LogP contribution in [0.3, 0.4) is 0 Å². The molecule has 19 heavy (non-hydrogen) atoms. The number of nitrogens with one attached hydrogen (secondary N) is 1. The second-order valence-corrected chi connectivity index (χ2v) is 4.41. The molecule has 0 radical (unpaired) electrons. The Morgan fingerprint density at radius 3 is 2.63 bits per heavy atom. The van der Waals surface area contributed by atoms with Crippen molar-refractivity contribution >= 4 is 5.91 Å². The van der Waals surface area contributed by atoms with Gasteiger partial charge in [-0.3, -0.25) is 4.79 Å². The van der Waals surface area contributed by atoms with Crippen molar-refractivity contribution in [3.63, 3.8) is 0 Å². The molecule has 0 heterocycles. The highest BCUT2D eigenvalue weighted by atomic mass is 16.5. The second-order valence-electron chi connectivity index (χ2n) is 4.41. The van der Waals surface area contributed by atoms with Crippen molar-refractivity contribution in [2.75, 3.05) is 19.8 Å². The Hall–Kier alpha value is -1.55. The van der Waals surface area contributed by atoms with Crippen molar-refractivity contribution in [1.82, 2.24) is 5.32 Å². The van der Waals surface area contributed by atoms with E-state index in [9.17, 15) is 4.79 Å². The van der Waals surface area contributed by atoms with Crippen LogP contribution in [0.2, 0.25) is 0 Å². The molecule has 0 bridgehead atoms. The lowest BCUT2D eigenvalue weighted by Crippen LogP contribution is -2.37. The van der Waals surface area contributed by atoms with E-state index in [2.05, 4.69) is 5.32 Å². The molecule has 1 aromatic carbocycles. The van der Waals surface area contributed by atoms with Crippen LogP contribution in [0.15, 0.2) is 24.3 Å². The van der Waals surface area contributed by atoms with E-state index in [1.165, 1.54) is 5.56 Å². The number of carbonyl (C=O) groups is 1. The van der Waals surface area contributed by atoms with E-state index in [0.717, 1.165) is 6.42 Å². The normalized spacial score (nSPS) is 11.9. The van der Waals surface area contributed by atoms with Gasteiger partial charge < -0.3 is 14.8 Å². The number of ether oxygens (including phenoxy) is 2. The number of aryl methyl sites for hydroxylation is 1. The Morgan fingerprint density at radius 2 is 2.00 bits per heavy atom. The number of hydrogen-bond donors (Lipinski definition) is 1. The minimum absolute atomic E-state index is 0.0999. The first kappa shape index (κ1) is 15.5. The zero-order chi connectivity index (χ0) is 14.1. The fourth-order valence-corrected chi connectivity index (χ4v) is 1.55. The average Bonchev–Trinajstić information content (AvgIpc) is 2.41. The number of carbonyl (C=O) groups excluding carboxylic acids is 1. The lowest BCUT2D eigenvalue weighted by molar-refractivity contribution is -0.127. The molecule has 0 aliphatic carbocycles. The van der Waals surface area contributed by atoms with Crippen LogP contribution in [-0.2, 0) is 9.53 Å². The van der Waals surface area contributed by atoms with Gasteiger partial charge in [-0.05, 0) is 39.3 Å². The standard InChI is InChI=1S/C15H23NO3/c1-4-18-11-5-10-16-15(17)13(3)19-14-8-6-12(2)7-9-14/h6-9,13H,4-5,10-11H2,1-3H3,(H,16,17). The van der Waals surface area contributed by atoms with E-state index in [0.29, 0.717) is 25.5 Å². The van der Waals surface area contributed by atoms with Crippen LogP contribution in [-0.4, -0.2) is 31.8 Å². The summed E-state index contributed by atoms with van der Waals surface area (Å²) in [5.41, 5.74) is 1.17. The van der Waals surface area contributed by atoms with Crippen molar-refractivity contribution in [2.45, 2.75) is 33.3 Å². The summed E-state index contributed by atoms with van der Waals surface area (Å²) < 4.78 is 10.8. The maximum absolute atomic E-state index is 11.8. The summed E-state index contributed by atoms with van der Waals surface area (Å²) >= 11 is 0. The van der Waals surface area contributed by atoms with Gasteiger partial charge >= 0.3 is 0 Å². The van der Waals surface area contributed by atoms with Gasteiger partial charge in [0.1, 0.15) is 5.75 Å². The van der Waals surface area contributed by atoms with Crippen molar-refractivity contribution in [2.24, 2.45) is 0 Å². The van der Waals surface area contributed by atoms with Crippen LogP contribution in [0.25, 0.3) is 0 Å². The molecule has 1 rings (SSSR count). The van der Waals surface area contributed by atoms with Crippen LogP contribution in [0.1, 0.15) is 25.8 Å². The number of benzene rings is 1. The predicted molar refractivity (Wildman–Crippen MR) is 75.4 cm³/mol. The highest BCUT2D eigenvalue weighted by molar-refractivity contribution is 5.80. The molecule has 0 spiro atoms. The Kier molecular flexibility index (Phi) is 6.97. The van der Waals surface area contributed by atoms with Crippen LogP contribution in [0, 0.1) is 6.92 Å². The smallest absolute Gasteiger partial charge is 0.260 e. The first-order valence-corrected chi connectivity index (χ1v) is 6.72. The van der Waals surface area contributed by atoms with Crippen molar-refractivity contribution in [1.29, 1.82) is 0 Å². The Labute approximate surface area is 115 Å². The van der Waals surface area contributed by atoms with Gasteiger partial charge in [0.25, 0.3) is 5.91 Å². The van der Waals surface area contributed by atoms with E-state index in [-0.39, 0.29) is 5.91 Å². The number of amides is 1. The van der Waals surface area contributed by atoms with E-state index in [4.69, 9.17) is 9.47 Å². The minimum Gasteiger partial charge on any atom is -0.481 e. The second kappa shape index (κ2) is 8.53. The van der Waals surface area contributed by atoms with Gasteiger partial charge in [-0.1, -0.05) is 17.7 Å². The largest absolute Gasteiger partial charge is 0.481 e. The summed E-state index contributed by atoms with van der Waals surface area (Å²) in [7, 11) is 0. The SMILES string of the molecule is CCOCCCNC(=O)C(C)Oc1ccc(C)cc1. The summed E-state index contributed by atoms with van der Waals surface area (Å²) in [4.78, 5) is 11.8.